The third kappa shape index (κ3) is 6.83. The first-order valence-electron chi connectivity index (χ1n) is 9.39. The number of halogens is 2. The van der Waals surface area contributed by atoms with Crippen molar-refractivity contribution in [3.63, 3.8) is 0 Å². The number of hydrogen-bond acceptors (Lipinski definition) is 5. The van der Waals surface area contributed by atoms with Gasteiger partial charge in [0.2, 0.25) is 0 Å². The molecule has 0 bridgehead atoms. The number of hydrogen-bond donors (Lipinski definition) is 0. The van der Waals surface area contributed by atoms with Crippen LogP contribution in [0, 0.1) is 0 Å². The summed E-state index contributed by atoms with van der Waals surface area (Å²) in [5.41, 5.74) is 1.81. The Morgan fingerprint density at radius 2 is 1.82 bits per heavy atom. The Kier molecular flexibility index (Phi) is 11.3. The molecule has 0 N–H and O–H groups in total. The van der Waals surface area contributed by atoms with Crippen LogP contribution in [0.3, 0.4) is 0 Å². The van der Waals surface area contributed by atoms with E-state index in [1.54, 1.807) is 16.2 Å². The number of benzene rings is 1. The first kappa shape index (κ1) is 25.1. The summed E-state index contributed by atoms with van der Waals surface area (Å²) in [4.78, 5) is 23.9. The van der Waals surface area contributed by atoms with E-state index in [2.05, 4.69) is 22.1 Å². The van der Waals surface area contributed by atoms with Gasteiger partial charge < -0.3 is 9.80 Å². The van der Waals surface area contributed by atoms with Crippen LogP contribution in [-0.4, -0.2) is 67.0 Å². The predicted molar refractivity (Wildman–Crippen MR) is 129 cm³/mol. The van der Waals surface area contributed by atoms with Gasteiger partial charge in [-0.25, -0.2) is 4.98 Å². The molecule has 0 atom stereocenters. The minimum Gasteiger partial charge on any atom is -0.346 e. The van der Waals surface area contributed by atoms with Gasteiger partial charge in [0.1, 0.15) is 0 Å². The zero-order valence-corrected chi connectivity index (χ0v) is 20.8. The first-order chi connectivity index (χ1) is 12.7. The fraction of sp³-hybridized carbons (Fsp3) is 0.500. The molecule has 1 aromatic heterocycles. The van der Waals surface area contributed by atoms with Gasteiger partial charge in [-0.15, -0.1) is 45.3 Å². The predicted octanol–water partition coefficient (Wildman–Crippen LogP) is 4.15. The van der Waals surface area contributed by atoms with Crippen molar-refractivity contribution in [3.05, 3.63) is 47.0 Å². The number of piperazine rings is 1. The SMILES string of the molecule is Br.Br.CCCN1CCN(c2nc(CCN(C)C(=O)c3ccccc3)cs2)CC1. The quantitative estimate of drug-likeness (QED) is 0.536. The fourth-order valence-electron chi connectivity index (χ4n) is 3.22. The van der Waals surface area contributed by atoms with Crippen molar-refractivity contribution in [2.45, 2.75) is 19.8 Å². The summed E-state index contributed by atoms with van der Waals surface area (Å²) in [5.74, 6) is 0.0631. The number of likely N-dealkylation sites (N-methyl/N-ethyl adjacent to an activating group) is 1. The highest BCUT2D eigenvalue weighted by atomic mass is 79.9. The van der Waals surface area contributed by atoms with E-state index in [0.717, 1.165) is 49.0 Å². The second-order valence-corrected chi connectivity index (χ2v) is 7.63. The van der Waals surface area contributed by atoms with E-state index in [4.69, 9.17) is 4.98 Å². The van der Waals surface area contributed by atoms with Gasteiger partial charge in [0.05, 0.1) is 5.69 Å². The number of aromatic nitrogens is 1. The van der Waals surface area contributed by atoms with Crippen LogP contribution in [0.4, 0.5) is 5.13 Å². The summed E-state index contributed by atoms with van der Waals surface area (Å²) in [7, 11) is 1.86. The Morgan fingerprint density at radius 1 is 1.14 bits per heavy atom. The van der Waals surface area contributed by atoms with Crippen molar-refractivity contribution >= 4 is 56.3 Å². The molecule has 0 radical (unpaired) electrons. The lowest BCUT2D eigenvalue weighted by atomic mass is 10.2. The number of thiazole rings is 1. The molecule has 1 aromatic carbocycles. The molecule has 28 heavy (non-hydrogen) atoms. The number of carbonyl (C=O) groups is 1. The van der Waals surface area contributed by atoms with E-state index in [1.807, 2.05) is 37.4 Å². The Hall–Kier alpha value is -0.960. The maximum atomic E-state index is 12.4. The van der Waals surface area contributed by atoms with Crippen LogP contribution in [-0.2, 0) is 6.42 Å². The van der Waals surface area contributed by atoms with Crippen LogP contribution in [0.15, 0.2) is 35.7 Å². The molecule has 0 unspecified atom stereocenters. The van der Waals surface area contributed by atoms with E-state index in [0.29, 0.717) is 6.54 Å². The van der Waals surface area contributed by atoms with Gasteiger partial charge in [-0.05, 0) is 25.1 Å². The molecule has 1 aliphatic rings. The van der Waals surface area contributed by atoms with Gasteiger partial charge in [-0.1, -0.05) is 25.1 Å². The summed E-state index contributed by atoms with van der Waals surface area (Å²) in [6.07, 6.45) is 2.01. The van der Waals surface area contributed by atoms with Crippen molar-refractivity contribution in [2.24, 2.45) is 0 Å². The molecule has 156 valence electrons. The average Bonchev–Trinajstić information content (AvgIpc) is 3.16. The minimum absolute atomic E-state index is 0. The van der Waals surface area contributed by atoms with Crippen molar-refractivity contribution in [3.8, 4) is 0 Å². The molecule has 1 amide bonds. The Morgan fingerprint density at radius 3 is 2.46 bits per heavy atom. The van der Waals surface area contributed by atoms with Crippen LogP contribution in [0.25, 0.3) is 0 Å². The van der Waals surface area contributed by atoms with E-state index in [1.165, 1.54) is 13.0 Å². The van der Waals surface area contributed by atoms with E-state index >= 15 is 0 Å². The summed E-state index contributed by atoms with van der Waals surface area (Å²) in [5, 5.41) is 3.25. The fourth-order valence-corrected chi connectivity index (χ4v) is 4.13. The summed E-state index contributed by atoms with van der Waals surface area (Å²) < 4.78 is 0. The second kappa shape index (κ2) is 12.6. The number of anilines is 1. The van der Waals surface area contributed by atoms with Crippen molar-refractivity contribution < 1.29 is 4.79 Å². The van der Waals surface area contributed by atoms with Gasteiger partial charge in [0.15, 0.2) is 5.13 Å². The molecule has 1 saturated heterocycles. The third-order valence-corrected chi connectivity index (χ3v) is 5.74. The molecule has 1 fully saturated rings. The molecule has 5 nitrogen and oxygen atoms in total. The minimum atomic E-state index is 0. The maximum absolute atomic E-state index is 12.4. The first-order valence-corrected chi connectivity index (χ1v) is 10.3. The molecule has 3 rings (SSSR count). The summed E-state index contributed by atoms with van der Waals surface area (Å²) in [6.45, 7) is 8.46. The lowest BCUT2D eigenvalue weighted by molar-refractivity contribution is 0.0796. The van der Waals surface area contributed by atoms with Crippen molar-refractivity contribution in [1.82, 2.24) is 14.8 Å². The standard InChI is InChI=1S/C20H28N4OS.2BrH/c1-3-10-23-12-14-24(15-13-23)20-21-18(16-26-20)9-11-22(2)19(25)17-7-5-4-6-8-17;;/h4-8,16H,3,9-15H2,1-2H3;2*1H. The molecular weight excluding hydrogens is 504 g/mol. The molecule has 0 saturated carbocycles. The third-order valence-electron chi connectivity index (χ3n) is 4.79. The van der Waals surface area contributed by atoms with Crippen molar-refractivity contribution in [2.75, 3.05) is 51.2 Å². The molecule has 2 heterocycles. The monoisotopic (exact) mass is 532 g/mol. The highest BCUT2D eigenvalue weighted by molar-refractivity contribution is 8.93. The lowest BCUT2D eigenvalue weighted by Crippen LogP contribution is -2.46. The molecule has 0 aliphatic carbocycles. The van der Waals surface area contributed by atoms with Gasteiger partial charge in [-0.3, -0.25) is 9.69 Å². The van der Waals surface area contributed by atoms with Gasteiger partial charge in [0.25, 0.3) is 5.91 Å². The molecule has 0 spiro atoms. The van der Waals surface area contributed by atoms with Crippen LogP contribution >= 0.6 is 45.3 Å². The number of carbonyl (C=O) groups excluding carboxylic acids is 1. The highest BCUT2D eigenvalue weighted by Crippen LogP contribution is 2.22. The van der Waals surface area contributed by atoms with E-state index in [-0.39, 0.29) is 39.9 Å². The normalized spacial score (nSPS) is 14.1. The highest BCUT2D eigenvalue weighted by Gasteiger charge is 2.19. The van der Waals surface area contributed by atoms with Crippen LogP contribution in [0.5, 0.6) is 0 Å². The Labute approximate surface area is 193 Å². The van der Waals surface area contributed by atoms with Gasteiger partial charge in [0, 0.05) is 57.1 Å². The Bertz CT molecular complexity index is 705. The van der Waals surface area contributed by atoms with Crippen LogP contribution < -0.4 is 4.90 Å². The summed E-state index contributed by atoms with van der Waals surface area (Å²) in [6, 6.07) is 9.44. The van der Waals surface area contributed by atoms with Crippen molar-refractivity contribution in [1.29, 1.82) is 0 Å². The Balaban J connectivity index is 0.00000196. The van der Waals surface area contributed by atoms with Crippen LogP contribution in [0.1, 0.15) is 29.4 Å². The molecule has 8 heteroatoms. The largest absolute Gasteiger partial charge is 0.346 e. The van der Waals surface area contributed by atoms with Crippen LogP contribution in [0.2, 0.25) is 0 Å². The zero-order valence-electron chi connectivity index (χ0n) is 16.5. The zero-order chi connectivity index (χ0) is 18.4. The van der Waals surface area contributed by atoms with E-state index in [9.17, 15) is 4.79 Å². The maximum Gasteiger partial charge on any atom is 0.253 e. The summed E-state index contributed by atoms with van der Waals surface area (Å²) >= 11 is 1.72. The smallest absolute Gasteiger partial charge is 0.253 e. The number of amides is 1. The topological polar surface area (TPSA) is 39.7 Å². The molecular formula is C20H30Br2N4OS. The van der Waals surface area contributed by atoms with Gasteiger partial charge >= 0.3 is 0 Å². The van der Waals surface area contributed by atoms with Gasteiger partial charge in [-0.2, -0.15) is 0 Å². The lowest BCUT2D eigenvalue weighted by Gasteiger charge is -2.34. The molecule has 2 aromatic rings. The number of rotatable bonds is 7. The van der Waals surface area contributed by atoms with E-state index < -0.39 is 0 Å². The second-order valence-electron chi connectivity index (χ2n) is 6.79. The molecule has 1 aliphatic heterocycles. The number of nitrogens with zero attached hydrogens (tertiary/aromatic N) is 4. The average molecular weight is 534 g/mol.